The Morgan fingerprint density at radius 2 is 1.33 bits per heavy atom. The lowest BCUT2D eigenvalue weighted by molar-refractivity contribution is -0.154. The van der Waals surface area contributed by atoms with Gasteiger partial charge < -0.3 is 28.6 Å². The van der Waals surface area contributed by atoms with Crippen molar-refractivity contribution in [3.8, 4) is 5.88 Å². The number of aromatic nitrogens is 2. The number of Topliss-reactive ketones (excluding diaryl/α,β-unsaturated/α-hetero) is 4. The number of carbonyl (C=O) groups is 4. The van der Waals surface area contributed by atoms with Gasteiger partial charge in [0.25, 0.3) is 5.88 Å². The maximum absolute atomic E-state index is 13.5. The quantitative estimate of drug-likeness (QED) is 0.215. The lowest BCUT2D eigenvalue weighted by Crippen LogP contribution is -2.56. The second-order valence-corrected chi connectivity index (χ2v) is 13.1. The van der Waals surface area contributed by atoms with E-state index < -0.39 is 48.2 Å². The van der Waals surface area contributed by atoms with Crippen LogP contribution in [0.4, 0.5) is 5.82 Å². The summed E-state index contributed by atoms with van der Waals surface area (Å²) in [5, 5.41) is 0. The fraction of sp³-hybridized carbons (Fsp3) is 0.806. The highest BCUT2D eigenvalue weighted by Gasteiger charge is 2.37. The van der Waals surface area contributed by atoms with Crippen LogP contribution in [-0.2, 0) is 38.1 Å². The predicted octanol–water partition coefficient (Wildman–Crippen LogP) is 2.92. The fourth-order valence-corrected chi connectivity index (χ4v) is 5.41. The molecule has 0 radical (unpaired) electrons. The molecule has 0 aliphatic carbocycles. The van der Waals surface area contributed by atoms with E-state index in [0.717, 1.165) is 11.7 Å². The van der Waals surface area contributed by atoms with Gasteiger partial charge in [0.15, 0.2) is 23.1 Å². The molecule has 256 valence electrons. The smallest absolute Gasteiger partial charge is 0.270 e. The van der Waals surface area contributed by atoms with E-state index in [4.69, 9.17) is 23.7 Å². The number of carbonyl (C=O) groups excluding carboxylic acids is 4. The molecule has 7 atom stereocenters. The summed E-state index contributed by atoms with van der Waals surface area (Å²) in [6, 6.07) is -0.625. The van der Waals surface area contributed by atoms with Crippen molar-refractivity contribution in [1.82, 2.24) is 13.6 Å². The first-order valence-electron chi connectivity index (χ1n) is 15.5. The molecule has 45 heavy (non-hydrogen) atoms. The minimum absolute atomic E-state index is 0.0143. The van der Waals surface area contributed by atoms with Crippen LogP contribution in [0.25, 0.3) is 0 Å². The molecule has 0 spiro atoms. The van der Waals surface area contributed by atoms with Gasteiger partial charge in [-0.25, -0.2) is 0 Å². The zero-order valence-electron chi connectivity index (χ0n) is 28.7. The molecule has 2 rings (SSSR count). The number of ether oxygens (including phenoxy) is 5. The Labute approximate surface area is 271 Å². The predicted molar refractivity (Wildman–Crippen MR) is 170 cm³/mol. The van der Waals surface area contributed by atoms with Crippen molar-refractivity contribution in [3.63, 3.8) is 0 Å². The van der Waals surface area contributed by atoms with E-state index in [1.807, 2.05) is 30.6 Å². The molecule has 13 nitrogen and oxygen atoms in total. The zero-order valence-corrected chi connectivity index (χ0v) is 29.5. The van der Waals surface area contributed by atoms with Crippen LogP contribution < -0.4 is 9.64 Å². The zero-order chi connectivity index (χ0) is 34.1. The second-order valence-electron chi connectivity index (χ2n) is 12.6. The SMILES string of the molecule is CC(=O)C(C)OC(C)C(=O)C(C)O[C@H](COc1nsnc1N1CCOCC1)CN(C(C)C(=O)C(C)OC(C)C(C)=O)C(C)(C)C. The third-order valence-electron chi connectivity index (χ3n) is 7.86. The lowest BCUT2D eigenvalue weighted by Gasteiger charge is -2.42. The number of hydrogen-bond acceptors (Lipinski definition) is 14. The molecule has 6 unspecified atom stereocenters. The first-order chi connectivity index (χ1) is 20.9. The highest BCUT2D eigenvalue weighted by atomic mass is 32.1. The summed E-state index contributed by atoms with van der Waals surface area (Å²) in [6.45, 7) is 21.3. The van der Waals surface area contributed by atoms with Gasteiger partial charge in [-0.05, 0) is 76.2 Å². The van der Waals surface area contributed by atoms with Crippen molar-refractivity contribution in [2.75, 3.05) is 44.4 Å². The number of nitrogens with zero attached hydrogens (tertiary/aromatic N) is 4. The largest absolute Gasteiger partial charge is 0.472 e. The molecule has 0 amide bonds. The fourth-order valence-electron chi connectivity index (χ4n) is 4.89. The van der Waals surface area contributed by atoms with Gasteiger partial charge in [-0.2, -0.15) is 4.37 Å². The van der Waals surface area contributed by atoms with Crippen molar-refractivity contribution in [2.45, 2.75) is 124 Å². The molecule has 0 N–H and O–H groups in total. The number of morpholine rings is 1. The summed E-state index contributed by atoms with van der Waals surface area (Å²) in [7, 11) is 0. The van der Waals surface area contributed by atoms with Crippen LogP contribution >= 0.6 is 11.7 Å². The molecule has 0 bridgehead atoms. The Kier molecular flexibility index (Phi) is 15.1. The first-order valence-corrected chi connectivity index (χ1v) is 16.3. The van der Waals surface area contributed by atoms with E-state index in [1.165, 1.54) is 13.8 Å². The van der Waals surface area contributed by atoms with E-state index in [1.54, 1.807) is 41.5 Å². The van der Waals surface area contributed by atoms with Gasteiger partial charge in [0.05, 0.1) is 31.0 Å². The van der Waals surface area contributed by atoms with E-state index in [-0.39, 0.29) is 36.3 Å². The molecule has 2 heterocycles. The minimum atomic E-state index is -0.911. The number of hydrogen-bond donors (Lipinski definition) is 0. The normalized spacial score (nSPS) is 18.9. The van der Waals surface area contributed by atoms with Crippen molar-refractivity contribution in [2.24, 2.45) is 0 Å². The van der Waals surface area contributed by atoms with E-state index >= 15 is 0 Å². The lowest BCUT2D eigenvalue weighted by atomic mass is 9.98. The molecule has 0 saturated carbocycles. The average molecular weight is 657 g/mol. The maximum Gasteiger partial charge on any atom is 0.270 e. The van der Waals surface area contributed by atoms with Gasteiger partial charge in [-0.3, -0.25) is 24.1 Å². The third-order valence-corrected chi connectivity index (χ3v) is 8.36. The maximum atomic E-state index is 13.5. The molecule has 0 aromatic carbocycles. The van der Waals surface area contributed by atoms with Gasteiger partial charge in [-0.1, -0.05) is 0 Å². The van der Waals surface area contributed by atoms with Gasteiger partial charge in [0.1, 0.15) is 43.2 Å². The standard InChI is InChI=1S/C31H52N4O9S/c1-18(27(38)23(6)42-21(4)19(2)36)35(31(9,10)11)16-26(44-25(8)28(39)24(7)43-22(5)20(3)37)17-41-30-29(32-45-33-30)34-12-14-40-15-13-34/h18,21-26H,12-17H2,1-11H3/t18?,21?,22?,23?,24?,25?,26-/m0/s1. The Bertz CT molecular complexity index is 1130. The summed E-state index contributed by atoms with van der Waals surface area (Å²) in [5.74, 6) is 0.103. The monoisotopic (exact) mass is 656 g/mol. The first kappa shape index (κ1) is 38.8. The molecular weight excluding hydrogens is 604 g/mol. The number of anilines is 1. The minimum Gasteiger partial charge on any atom is -0.472 e. The van der Waals surface area contributed by atoms with Crippen molar-refractivity contribution in [1.29, 1.82) is 0 Å². The Morgan fingerprint density at radius 1 is 0.822 bits per heavy atom. The number of ketones is 4. The van der Waals surface area contributed by atoms with E-state index in [2.05, 4.69) is 8.75 Å². The Hall–Kier alpha value is -2.36. The molecule has 1 fully saturated rings. The van der Waals surface area contributed by atoms with Crippen LogP contribution in [0.3, 0.4) is 0 Å². The van der Waals surface area contributed by atoms with E-state index in [9.17, 15) is 19.2 Å². The summed E-state index contributed by atoms with van der Waals surface area (Å²) in [4.78, 5) is 54.3. The van der Waals surface area contributed by atoms with Crippen LogP contribution in [-0.4, -0.2) is 124 Å². The number of rotatable bonds is 19. The third kappa shape index (κ3) is 11.7. The van der Waals surface area contributed by atoms with E-state index in [0.29, 0.717) is 38.0 Å². The van der Waals surface area contributed by atoms with Crippen molar-refractivity contribution < 1.29 is 42.9 Å². The summed E-state index contributed by atoms with van der Waals surface area (Å²) < 4.78 is 38.1. The molecule has 1 aromatic heterocycles. The highest BCUT2D eigenvalue weighted by molar-refractivity contribution is 6.99. The van der Waals surface area contributed by atoms with Gasteiger partial charge in [-0.15, -0.1) is 4.37 Å². The summed E-state index contributed by atoms with van der Waals surface area (Å²) >= 11 is 1.04. The van der Waals surface area contributed by atoms with Crippen LogP contribution in [0.1, 0.15) is 76.2 Å². The van der Waals surface area contributed by atoms with Crippen LogP contribution in [0.5, 0.6) is 5.88 Å². The van der Waals surface area contributed by atoms with Crippen molar-refractivity contribution in [3.05, 3.63) is 0 Å². The average Bonchev–Trinajstić information content (AvgIpc) is 3.45. The highest BCUT2D eigenvalue weighted by Crippen LogP contribution is 2.27. The van der Waals surface area contributed by atoms with Gasteiger partial charge in [0.2, 0.25) is 5.82 Å². The molecule has 1 saturated heterocycles. The van der Waals surface area contributed by atoms with Gasteiger partial charge in [0, 0.05) is 25.2 Å². The van der Waals surface area contributed by atoms with Crippen LogP contribution in [0, 0.1) is 0 Å². The van der Waals surface area contributed by atoms with Crippen LogP contribution in [0.15, 0.2) is 0 Å². The molecule has 1 aliphatic rings. The second kappa shape index (κ2) is 17.5. The Morgan fingerprint density at radius 3 is 1.84 bits per heavy atom. The topological polar surface area (TPSA) is 147 Å². The van der Waals surface area contributed by atoms with Gasteiger partial charge >= 0.3 is 0 Å². The molecule has 1 aromatic rings. The molecule has 1 aliphatic heterocycles. The summed E-state index contributed by atoms with van der Waals surface area (Å²) in [5.41, 5.74) is -0.510. The Balaban J connectivity index is 2.30. The molecular formula is C31H52N4O9S. The van der Waals surface area contributed by atoms with Crippen LogP contribution in [0.2, 0.25) is 0 Å². The van der Waals surface area contributed by atoms with Crippen molar-refractivity contribution >= 4 is 40.7 Å². The summed E-state index contributed by atoms with van der Waals surface area (Å²) in [6.07, 6.45) is -4.74. The molecule has 14 heteroatoms.